The Bertz CT molecular complexity index is 1080. The molecule has 1 aliphatic rings. The molecule has 0 aliphatic carbocycles. The first-order valence-electron chi connectivity index (χ1n) is 11.3. The lowest BCUT2D eigenvalue weighted by molar-refractivity contribution is -0.139. The van der Waals surface area contributed by atoms with Gasteiger partial charge in [0.15, 0.2) is 0 Å². The van der Waals surface area contributed by atoms with Gasteiger partial charge in [0, 0.05) is 32.6 Å². The molecule has 2 aromatic carbocycles. The van der Waals surface area contributed by atoms with Crippen LogP contribution in [-0.4, -0.2) is 52.9 Å². The van der Waals surface area contributed by atoms with Crippen molar-refractivity contribution in [2.45, 2.75) is 38.6 Å². The molecule has 1 saturated heterocycles. The van der Waals surface area contributed by atoms with E-state index in [1.807, 2.05) is 53.4 Å². The predicted molar refractivity (Wildman–Crippen MR) is 130 cm³/mol. The average Bonchev–Trinajstić information content (AvgIpc) is 3.22. The van der Waals surface area contributed by atoms with E-state index in [0.29, 0.717) is 19.5 Å². The van der Waals surface area contributed by atoms with Gasteiger partial charge in [-0.25, -0.2) is 4.98 Å². The van der Waals surface area contributed by atoms with E-state index < -0.39 is 5.41 Å². The van der Waals surface area contributed by atoms with E-state index in [2.05, 4.69) is 37.8 Å². The van der Waals surface area contributed by atoms with Crippen LogP contribution in [0.1, 0.15) is 31.3 Å². The van der Waals surface area contributed by atoms with E-state index in [0.717, 1.165) is 33.9 Å². The number of para-hydroxylation sites is 1. The second kappa shape index (κ2) is 9.40. The number of piperazine rings is 1. The average molecular weight is 447 g/mol. The Hall–Kier alpha value is -2.75. The van der Waals surface area contributed by atoms with Crippen LogP contribution in [0.3, 0.4) is 0 Å². The second-order valence-corrected chi connectivity index (χ2v) is 10.2. The number of nitriles is 1. The highest BCUT2D eigenvalue weighted by Crippen LogP contribution is 2.34. The number of nitrogens with zero attached hydrogens (tertiary/aromatic N) is 4. The maximum atomic E-state index is 13.9. The van der Waals surface area contributed by atoms with Crippen LogP contribution in [0.5, 0.6) is 0 Å². The topological polar surface area (TPSA) is 60.2 Å². The smallest absolute Gasteiger partial charge is 0.233 e. The number of fused-ring (bicyclic) bond motifs is 1. The zero-order valence-electron chi connectivity index (χ0n) is 19.0. The molecule has 2 unspecified atom stereocenters. The molecule has 0 N–H and O–H groups in total. The zero-order chi connectivity index (χ0) is 22.7. The molecule has 3 aromatic rings. The normalized spacial score (nSPS) is 17.8. The highest BCUT2D eigenvalue weighted by atomic mass is 32.1. The summed E-state index contributed by atoms with van der Waals surface area (Å²) in [7, 11) is 0. The van der Waals surface area contributed by atoms with Gasteiger partial charge >= 0.3 is 0 Å². The first kappa shape index (κ1) is 22.4. The lowest BCUT2D eigenvalue weighted by Gasteiger charge is -2.41. The van der Waals surface area contributed by atoms with Crippen LogP contribution < -0.4 is 0 Å². The van der Waals surface area contributed by atoms with Gasteiger partial charge in [0.25, 0.3) is 0 Å². The SMILES string of the molecule is CC(C)C(C#N)N1CCN(C(=O)C(C)(Cc2nc3ccccc3s2)c2ccccc2)CC1. The van der Waals surface area contributed by atoms with Crippen molar-refractivity contribution in [1.29, 1.82) is 5.26 Å². The molecule has 1 amide bonds. The number of hydrogen-bond acceptors (Lipinski definition) is 5. The van der Waals surface area contributed by atoms with Gasteiger partial charge in [0.2, 0.25) is 5.91 Å². The summed E-state index contributed by atoms with van der Waals surface area (Å²) in [6.07, 6.45) is 0.572. The van der Waals surface area contributed by atoms with E-state index in [1.165, 1.54) is 0 Å². The molecule has 0 saturated carbocycles. The fraction of sp³-hybridized carbons (Fsp3) is 0.423. The summed E-state index contributed by atoms with van der Waals surface area (Å²) < 4.78 is 1.15. The number of benzene rings is 2. The highest BCUT2D eigenvalue weighted by molar-refractivity contribution is 7.18. The van der Waals surface area contributed by atoms with Gasteiger partial charge in [-0.1, -0.05) is 56.3 Å². The molecule has 1 aromatic heterocycles. The molecule has 32 heavy (non-hydrogen) atoms. The molecule has 166 valence electrons. The fourth-order valence-electron chi connectivity index (χ4n) is 4.61. The Kier molecular flexibility index (Phi) is 6.59. The van der Waals surface area contributed by atoms with Crippen LogP contribution in [-0.2, 0) is 16.6 Å². The number of aromatic nitrogens is 1. The van der Waals surface area contributed by atoms with Gasteiger partial charge in [0.05, 0.1) is 26.7 Å². The minimum atomic E-state index is -0.690. The van der Waals surface area contributed by atoms with Gasteiger partial charge < -0.3 is 4.90 Å². The van der Waals surface area contributed by atoms with Crippen molar-refractivity contribution in [1.82, 2.24) is 14.8 Å². The maximum Gasteiger partial charge on any atom is 0.233 e. The molecule has 1 fully saturated rings. The van der Waals surface area contributed by atoms with Gasteiger partial charge in [-0.2, -0.15) is 5.26 Å². The van der Waals surface area contributed by atoms with Crippen molar-refractivity contribution in [2.24, 2.45) is 5.92 Å². The number of carbonyl (C=O) groups excluding carboxylic acids is 1. The van der Waals surface area contributed by atoms with Crippen molar-refractivity contribution in [2.75, 3.05) is 26.2 Å². The van der Waals surface area contributed by atoms with E-state index in [-0.39, 0.29) is 17.9 Å². The van der Waals surface area contributed by atoms with Gasteiger partial charge in [-0.05, 0) is 30.5 Å². The third-order valence-electron chi connectivity index (χ3n) is 6.48. The van der Waals surface area contributed by atoms with Crippen LogP contribution in [0, 0.1) is 17.2 Å². The third-order valence-corrected chi connectivity index (χ3v) is 7.52. The maximum absolute atomic E-state index is 13.9. The van der Waals surface area contributed by atoms with Crippen LogP contribution in [0.2, 0.25) is 0 Å². The van der Waals surface area contributed by atoms with Crippen LogP contribution in [0.25, 0.3) is 10.2 Å². The standard InChI is InChI=1S/C26H30N4OS/c1-19(2)22(18-27)29-13-15-30(16-14-29)25(31)26(3,20-9-5-4-6-10-20)17-24-28-21-11-7-8-12-23(21)32-24/h4-12,19,22H,13-17H2,1-3H3. The molecule has 0 spiro atoms. The van der Waals surface area contributed by atoms with E-state index >= 15 is 0 Å². The van der Waals surface area contributed by atoms with Crippen LogP contribution in [0.4, 0.5) is 0 Å². The summed E-state index contributed by atoms with van der Waals surface area (Å²) in [5.74, 6) is 0.413. The quantitative estimate of drug-likeness (QED) is 0.560. The summed E-state index contributed by atoms with van der Waals surface area (Å²) in [4.78, 5) is 22.9. The highest BCUT2D eigenvalue weighted by Gasteiger charge is 2.41. The van der Waals surface area contributed by atoms with Crippen LogP contribution >= 0.6 is 11.3 Å². The molecule has 6 heteroatoms. The predicted octanol–water partition coefficient (Wildman–Crippen LogP) is 4.49. The van der Waals surface area contributed by atoms with Crippen molar-refractivity contribution in [3.8, 4) is 6.07 Å². The Morgan fingerprint density at radius 1 is 1.09 bits per heavy atom. The number of rotatable bonds is 6. The van der Waals surface area contributed by atoms with Crippen LogP contribution in [0.15, 0.2) is 54.6 Å². The molecular weight excluding hydrogens is 416 g/mol. The lowest BCUT2D eigenvalue weighted by atomic mass is 9.78. The van der Waals surface area contributed by atoms with E-state index in [9.17, 15) is 10.1 Å². The first-order chi connectivity index (χ1) is 15.4. The van der Waals surface area contributed by atoms with E-state index in [1.54, 1.807) is 11.3 Å². The fourth-order valence-corrected chi connectivity index (χ4v) is 5.73. The number of carbonyl (C=O) groups is 1. The Morgan fingerprint density at radius 2 is 1.75 bits per heavy atom. The molecule has 0 bridgehead atoms. The second-order valence-electron chi connectivity index (χ2n) is 9.10. The van der Waals surface area contributed by atoms with Crippen molar-refractivity contribution >= 4 is 27.5 Å². The minimum absolute atomic E-state index is 0.101. The molecular formula is C26H30N4OS. The lowest BCUT2D eigenvalue weighted by Crippen LogP contribution is -2.56. The summed E-state index contributed by atoms with van der Waals surface area (Å²) in [5.41, 5.74) is 1.31. The molecule has 5 nitrogen and oxygen atoms in total. The molecule has 2 atom stereocenters. The minimum Gasteiger partial charge on any atom is -0.339 e. The third kappa shape index (κ3) is 4.41. The van der Waals surface area contributed by atoms with Gasteiger partial charge in [-0.3, -0.25) is 9.69 Å². The van der Waals surface area contributed by atoms with E-state index in [4.69, 9.17) is 4.98 Å². The number of thiazole rings is 1. The van der Waals surface area contributed by atoms with Crippen molar-refractivity contribution < 1.29 is 4.79 Å². The monoisotopic (exact) mass is 446 g/mol. The summed E-state index contributed by atoms with van der Waals surface area (Å²) in [6.45, 7) is 8.96. The number of amides is 1. The largest absolute Gasteiger partial charge is 0.339 e. The Labute approximate surface area is 194 Å². The van der Waals surface area contributed by atoms with Gasteiger partial charge in [0.1, 0.15) is 6.04 Å². The summed E-state index contributed by atoms with van der Waals surface area (Å²) in [6, 6.07) is 20.5. The summed E-state index contributed by atoms with van der Waals surface area (Å²) in [5, 5.41) is 10.5. The molecule has 2 heterocycles. The van der Waals surface area contributed by atoms with Gasteiger partial charge in [-0.15, -0.1) is 11.3 Å². The molecule has 1 aliphatic heterocycles. The summed E-state index contributed by atoms with van der Waals surface area (Å²) >= 11 is 1.67. The Balaban J connectivity index is 1.58. The van der Waals surface area contributed by atoms with Crippen molar-refractivity contribution in [3.05, 3.63) is 65.2 Å². The molecule has 4 rings (SSSR count). The number of hydrogen-bond donors (Lipinski definition) is 0. The first-order valence-corrected chi connectivity index (χ1v) is 12.1. The zero-order valence-corrected chi connectivity index (χ0v) is 19.8. The molecule has 0 radical (unpaired) electrons. The van der Waals surface area contributed by atoms with Crippen molar-refractivity contribution in [3.63, 3.8) is 0 Å². The Morgan fingerprint density at radius 3 is 2.38 bits per heavy atom.